The van der Waals surface area contributed by atoms with Crippen molar-refractivity contribution in [1.82, 2.24) is 0 Å². The summed E-state index contributed by atoms with van der Waals surface area (Å²) in [5.74, 6) is 0. The molecule has 56 valence electrons. The Bertz CT molecular complexity index is 55.9. The Labute approximate surface area is 67.2 Å². The van der Waals surface area contributed by atoms with Gasteiger partial charge >= 0.3 is 0 Å². The third-order valence-corrected chi connectivity index (χ3v) is 3.46. The van der Waals surface area contributed by atoms with Crippen LogP contribution in [0.3, 0.4) is 0 Å². The predicted molar refractivity (Wildman–Crippen MR) is 50.6 cm³/mol. The van der Waals surface area contributed by atoms with Crippen LogP contribution in [0.25, 0.3) is 0 Å². The highest BCUT2D eigenvalue weighted by atomic mass is 32.2. The van der Waals surface area contributed by atoms with Gasteiger partial charge in [-0.15, -0.1) is 0 Å². The van der Waals surface area contributed by atoms with Gasteiger partial charge in [-0.25, -0.2) is 0 Å². The Hall–Kier alpha value is 0.700. The van der Waals surface area contributed by atoms with Crippen molar-refractivity contribution in [1.29, 1.82) is 0 Å². The molecule has 0 bridgehead atoms. The molecule has 0 saturated carbocycles. The van der Waals surface area contributed by atoms with Crippen molar-refractivity contribution < 1.29 is 0 Å². The Morgan fingerprint density at radius 3 is 1.56 bits per heavy atom. The van der Waals surface area contributed by atoms with Gasteiger partial charge in [-0.3, -0.25) is 0 Å². The smallest absolute Gasteiger partial charge is 0.00263 e. The SMILES string of the molecule is CSC(C)CC(C)SC. The Kier molecular flexibility index (Phi) is 5.91. The number of thioether (sulfide) groups is 2. The fraction of sp³-hybridized carbons (Fsp3) is 1.00. The van der Waals surface area contributed by atoms with Crippen LogP contribution in [0.5, 0.6) is 0 Å². The van der Waals surface area contributed by atoms with Crippen LogP contribution in [-0.4, -0.2) is 23.0 Å². The van der Waals surface area contributed by atoms with Crippen LogP contribution < -0.4 is 0 Å². The molecule has 0 aliphatic heterocycles. The first kappa shape index (κ1) is 9.70. The first-order valence-electron chi connectivity index (χ1n) is 3.26. The lowest BCUT2D eigenvalue weighted by Gasteiger charge is -2.12. The maximum Gasteiger partial charge on any atom is 0.00263 e. The third-order valence-electron chi connectivity index (χ3n) is 1.47. The normalized spacial score (nSPS) is 17.3. The molecule has 0 heterocycles. The number of hydrogen-bond donors (Lipinski definition) is 0. The molecular formula is C7H16S2. The first-order chi connectivity index (χ1) is 4.20. The van der Waals surface area contributed by atoms with Gasteiger partial charge in [0.05, 0.1) is 0 Å². The van der Waals surface area contributed by atoms with Gasteiger partial charge in [-0.05, 0) is 18.9 Å². The summed E-state index contributed by atoms with van der Waals surface area (Å²) < 4.78 is 0. The molecular weight excluding hydrogens is 148 g/mol. The number of rotatable bonds is 4. The number of hydrogen-bond acceptors (Lipinski definition) is 2. The largest absolute Gasteiger partial charge is 0.162 e. The molecule has 0 aliphatic carbocycles. The highest BCUT2D eigenvalue weighted by Crippen LogP contribution is 2.18. The van der Waals surface area contributed by atoms with E-state index in [9.17, 15) is 0 Å². The summed E-state index contributed by atoms with van der Waals surface area (Å²) in [5, 5.41) is 1.65. The van der Waals surface area contributed by atoms with Crippen molar-refractivity contribution in [3.63, 3.8) is 0 Å². The van der Waals surface area contributed by atoms with Crippen molar-refractivity contribution in [2.45, 2.75) is 30.8 Å². The Morgan fingerprint density at radius 2 is 1.33 bits per heavy atom. The van der Waals surface area contributed by atoms with E-state index < -0.39 is 0 Å². The fourth-order valence-corrected chi connectivity index (χ4v) is 1.74. The molecule has 9 heavy (non-hydrogen) atoms. The molecule has 0 radical (unpaired) electrons. The minimum Gasteiger partial charge on any atom is -0.162 e. The fourth-order valence-electron chi connectivity index (χ4n) is 0.660. The maximum atomic E-state index is 2.29. The highest BCUT2D eigenvalue weighted by Gasteiger charge is 2.04. The van der Waals surface area contributed by atoms with Crippen LogP contribution in [0.4, 0.5) is 0 Å². The van der Waals surface area contributed by atoms with Crippen molar-refractivity contribution in [2.24, 2.45) is 0 Å². The van der Waals surface area contributed by atoms with Gasteiger partial charge in [0.15, 0.2) is 0 Å². The molecule has 0 aromatic rings. The lowest BCUT2D eigenvalue weighted by Crippen LogP contribution is -2.04. The van der Waals surface area contributed by atoms with E-state index in [1.165, 1.54) is 6.42 Å². The topological polar surface area (TPSA) is 0 Å². The minimum atomic E-state index is 0.826. The zero-order chi connectivity index (χ0) is 7.28. The van der Waals surface area contributed by atoms with Gasteiger partial charge in [-0.1, -0.05) is 13.8 Å². The van der Waals surface area contributed by atoms with Gasteiger partial charge in [0, 0.05) is 10.5 Å². The molecule has 0 N–H and O–H groups in total. The van der Waals surface area contributed by atoms with Crippen LogP contribution in [0.15, 0.2) is 0 Å². The molecule has 0 spiro atoms. The van der Waals surface area contributed by atoms with Crippen LogP contribution in [0.1, 0.15) is 20.3 Å². The van der Waals surface area contributed by atoms with E-state index >= 15 is 0 Å². The van der Waals surface area contributed by atoms with E-state index in [1.807, 2.05) is 23.5 Å². The van der Waals surface area contributed by atoms with Gasteiger partial charge in [0.2, 0.25) is 0 Å². The van der Waals surface area contributed by atoms with Crippen LogP contribution >= 0.6 is 23.5 Å². The van der Waals surface area contributed by atoms with Crippen molar-refractivity contribution >= 4 is 23.5 Å². The molecule has 0 aromatic carbocycles. The molecule has 0 rings (SSSR count). The molecule has 0 nitrogen and oxygen atoms in total. The van der Waals surface area contributed by atoms with Crippen molar-refractivity contribution in [3.05, 3.63) is 0 Å². The van der Waals surface area contributed by atoms with Crippen LogP contribution in [0.2, 0.25) is 0 Å². The zero-order valence-corrected chi connectivity index (χ0v) is 8.31. The maximum absolute atomic E-state index is 2.29. The lowest BCUT2D eigenvalue weighted by atomic mass is 10.3. The summed E-state index contributed by atoms with van der Waals surface area (Å²) in [6, 6.07) is 0. The molecule has 0 amide bonds. The summed E-state index contributed by atoms with van der Waals surface area (Å²) >= 11 is 3.91. The molecule has 0 aromatic heterocycles. The van der Waals surface area contributed by atoms with E-state index in [1.54, 1.807) is 0 Å². The van der Waals surface area contributed by atoms with Crippen LogP contribution in [0, 0.1) is 0 Å². The predicted octanol–water partition coefficient (Wildman–Crippen LogP) is 2.88. The molecule has 2 unspecified atom stereocenters. The average molecular weight is 164 g/mol. The van der Waals surface area contributed by atoms with Crippen molar-refractivity contribution in [2.75, 3.05) is 12.5 Å². The van der Waals surface area contributed by atoms with Gasteiger partial charge in [0.1, 0.15) is 0 Å². The second-order valence-corrected chi connectivity index (χ2v) is 4.88. The summed E-state index contributed by atoms with van der Waals surface area (Å²) in [6.07, 6.45) is 5.69. The average Bonchev–Trinajstić information content (AvgIpc) is 1.87. The van der Waals surface area contributed by atoms with E-state index in [4.69, 9.17) is 0 Å². The van der Waals surface area contributed by atoms with E-state index in [0.29, 0.717) is 0 Å². The first-order valence-corrected chi connectivity index (χ1v) is 5.83. The summed E-state index contributed by atoms with van der Waals surface area (Å²) in [7, 11) is 0. The summed E-state index contributed by atoms with van der Waals surface area (Å²) in [5.41, 5.74) is 0. The van der Waals surface area contributed by atoms with Gasteiger partial charge in [-0.2, -0.15) is 23.5 Å². The zero-order valence-electron chi connectivity index (χ0n) is 6.68. The van der Waals surface area contributed by atoms with Gasteiger partial charge in [0.25, 0.3) is 0 Å². The molecule has 0 fully saturated rings. The summed E-state index contributed by atoms with van der Waals surface area (Å²) in [6.45, 7) is 4.58. The van der Waals surface area contributed by atoms with Crippen molar-refractivity contribution in [3.8, 4) is 0 Å². The molecule has 0 saturated heterocycles. The highest BCUT2D eigenvalue weighted by molar-refractivity contribution is 8.00. The molecule has 2 atom stereocenters. The third kappa shape index (κ3) is 5.16. The minimum absolute atomic E-state index is 0.826. The van der Waals surface area contributed by atoms with E-state index in [0.717, 1.165) is 10.5 Å². The molecule has 0 aliphatic rings. The Balaban J connectivity index is 3.22. The van der Waals surface area contributed by atoms with E-state index in [-0.39, 0.29) is 0 Å². The monoisotopic (exact) mass is 164 g/mol. The second kappa shape index (κ2) is 5.48. The quantitative estimate of drug-likeness (QED) is 0.626. The standard InChI is InChI=1S/C7H16S2/c1-6(8-3)5-7(2)9-4/h6-7H,5H2,1-4H3. The van der Waals surface area contributed by atoms with E-state index in [2.05, 4.69) is 26.4 Å². The lowest BCUT2D eigenvalue weighted by molar-refractivity contribution is 0.806. The second-order valence-electron chi connectivity index (χ2n) is 2.33. The van der Waals surface area contributed by atoms with Crippen LogP contribution in [-0.2, 0) is 0 Å². The Morgan fingerprint density at radius 1 is 1.00 bits per heavy atom. The molecule has 2 heteroatoms. The van der Waals surface area contributed by atoms with Gasteiger partial charge < -0.3 is 0 Å². The summed E-state index contributed by atoms with van der Waals surface area (Å²) in [4.78, 5) is 0.